The van der Waals surface area contributed by atoms with Crippen molar-refractivity contribution in [2.24, 2.45) is 5.92 Å². The Bertz CT molecular complexity index is 132. The molecule has 0 aliphatic heterocycles. The van der Waals surface area contributed by atoms with Gasteiger partial charge in [0.15, 0.2) is 0 Å². The quantitative estimate of drug-likeness (QED) is 0.631. The molecule has 0 unspecified atom stereocenters. The molecule has 1 rings (SSSR count). The van der Waals surface area contributed by atoms with Crippen LogP contribution in [-0.2, 0) is 0 Å². The van der Waals surface area contributed by atoms with Crippen LogP contribution in [0.25, 0.3) is 0 Å². The van der Waals surface area contributed by atoms with Crippen molar-refractivity contribution in [3.63, 3.8) is 0 Å². The highest BCUT2D eigenvalue weighted by atomic mass is 16.2. The molecule has 0 aromatic rings. The van der Waals surface area contributed by atoms with Gasteiger partial charge in [0.05, 0.1) is 0 Å². The molecule has 2 amide bonds. The molecule has 1 aliphatic rings. The van der Waals surface area contributed by atoms with E-state index in [1.165, 1.54) is 19.3 Å². The Labute approximate surface area is 67.5 Å². The number of carbonyl (C=O) groups is 1. The van der Waals surface area contributed by atoms with Crippen LogP contribution in [0.1, 0.15) is 25.7 Å². The second-order valence-electron chi connectivity index (χ2n) is 3.09. The summed E-state index contributed by atoms with van der Waals surface area (Å²) in [6.07, 6.45) is 5.24. The third-order valence-electron chi connectivity index (χ3n) is 2.29. The molecule has 0 heterocycles. The highest BCUT2D eigenvalue weighted by molar-refractivity contribution is 5.73. The van der Waals surface area contributed by atoms with Crippen molar-refractivity contribution in [3.05, 3.63) is 0 Å². The SMILES string of the molecule is CNC(=O)NCCC1CCC1. The molecule has 3 heteroatoms. The van der Waals surface area contributed by atoms with Crippen LogP contribution in [-0.4, -0.2) is 19.6 Å². The van der Waals surface area contributed by atoms with E-state index in [0.29, 0.717) is 0 Å². The Balaban J connectivity index is 1.90. The van der Waals surface area contributed by atoms with Crippen molar-refractivity contribution in [1.82, 2.24) is 10.6 Å². The Morgan fingerprint density at radius 1 is 1.55 bits per heavy atom. The summed E-state index contributed by atoms with van der Waals surface area (Å²) in [5.74, 6) is 0.882. The molecule has 0 radical (unpaired) electrons. The van der Waals surface area contributed by atoms with Gasteiger partial charge in [0.2, 0.25) is 0 Å². The third-order valence-corrected chi connectivity index (χ3v) is 2.29. The Morgan fingerprint density at radius 3 is 2.73 bits per heavy atom. The van der Waals surface area contributed by atoms with Crippen molar-refractivity contribution in [2.75, 3.05) is 13.6 Å². The molecule has 2 N–H and O–H groups in total. The van der Waals surface area contributed by atoms with Gasteiger partial charge in [-0.1, -0.05) is 19.3 Å². The van der Waals surface area contributed by atoms with Crippen LogP contribution in [0.2, 0.25) is 0 Å². The van der Waals surface area contributed by atoms with Gasteiger partial charge in [-0.2, -0.15) is 0 Å². The first-order valence-corrected chi connectivity index (χ1v) is 4.28. The molecular formula is C8H16N2O. The summed E-state index contributed by atoms with van der Waals surface area (Å²) in [5, 5.41) is 5.31. The summed E-state index contributed by atoms with van der Waals surface area (Å²) in [6, 6.07) is -0.0654. The minimum absolute atomic E-state index is 0.0654. The lowest BCUT2D eigenvalue weighted by atomic mass is 9.83. The predicted octanol–water partition coefficient (Wildman–Crippen LogP) is 1.11. The lowest BCUT2D eigenvalue weighted by Crippen LogP contribution is -2.34. The van der Waals surface area contributed by atoms with Crippen molar-refractivity contribution < 1.29 is 4.79 Å². The first-order valence-electron chi connectivity index (χ1n) is 4.28. The first kappa shape index (κ1) is 8.37. The van der Waals surface area contributed by atoms with Crippen LogP contribution >= 0.6 is 0 Å². The monoisotopic (exact) mass is 156 g/mol. The number of carbonyl (C=O) groups excluding carboxylic acids is 1. The topological polar surface area (TPSA) is 41.1 Å². The number of urea groups is 1. The molecule has 1 fully saturated rings. The zero-order chi connectivity index (χ0) is 8.10. The van der Waals surface area contributed by atoms with Crippen LogP contribution in [0.15, 0.2) is 0 Å². The average Bonchev–Trinajstić information content (AvgIpc) is 1.94. The van der Waals surface area contributed by atoms with E-state index >= 15 is 0 Å². The van der Waals surface area contributed by atoms with Crippen LogP contribution in [0.5, 0.6) is 0 Å². The maximum absolute atomic E-state index is 10.7. The standard InChI is InChI=1S/C8H16N2O/c1-9-8(11)10-6-5-7-3-2-4-7/h7H,2-6H2,1H3,(H2,9,10,11). The molecule has 0 aromatic heterocycles. The summed E-state index contributed by atoms with van der Waals surface area (Å²) >= 11 is 0. The fourth-order valence-corrected chi connectivity index (χ4v) is 1.26. The maximum atomic E-state index is 10.7. The predicted molar refractivity (Wildman–Crippen MR) is 44.4 cm³/mol. The van der Waals surface area contributed by atoms with Crippen molar-refractivity contribution >= 4 is 6.03 Å². The highest BCUT2D eigenvalue weighted by Crippen LogP contribution is 2.28. The number of hydrogen-bond acceptors (Lipinski definition) is 1. The van der Waals surface area contributed by atoms with Gasteiger partial charge in [0.1, 0.15) is 0 Å². The van der Waals surface area contributed by atoms with Crippen LogP contribution in [0.3, 0.4) is 0 Å². The lowest BCUT2D eigenvalue weighted by Gasteiger charge is -2.24. The van der Waals surface area contributed by atoms with Crippen LogP contribution in [0, 0.1) is 5.92 Å². The number of hydrogen-bond donors (Lipinski definition) is 2. The second-order valence-corrected chi connectivity index (χ2v) is 3.09. The summed E-state index contributed by atoms with van der Waals surface area (Å²) in [5.41, 5.74) is 0. The summed E-state index contributed by atoms with van der Waals surface area (Å²) < 4.78 is 0. The molecule has 1 aliphatic carbocycles. The average molecular weight is 156 g/mol. The molecule has 11 heavy (non-hydrogen) atoms. The van der Waals surface area contributed by atoms with Crippen LogP contribution < -0.4 is 10.6 Å². The minimum atomic E-state index is -0.0654. The molecule has 0 bridgehead atoms. The molecular weight excluding hydrogens is 140 g/mol. The normalized spacial score (nSPS) is 17.2. The van der Waals surface area contributed by atoms with E-state index in [-0.39, 0.29) is 6.03 Å². The molecule has 0 atom stereocenters. The summed E-state index contributed by atoms with van der Waals surface area (Å²) in [7, 11) is 1.64. The molecule has 0 aromatic carbocycles. The van der Waals surface area contributed by atoms with Crippen molar-refractivity contribution in [1.29, 1.82) is 0 Å². The van der Waals surface area contributed by atoms with E-state index < -0.39 is 0 Å². The zero-order valence-corrected chi connectivity index (χ0v) is 7.02. The zero-order valence-electron chi connectivity index (χ0n) is 7.02. The Morgan fingerprint density at radius 2 is 2.27 bits per heavy atom. The largest absolute Gasteiger partial charge is 0.341 e. The van der Waals surface area contributed by atoms with Gasteiger partial charge >= 0.3 is 6.03 Å². The molecule has 0 spiro atoms. The van der Waals surface area contributed by atoms with Gasteiger partial charge in [-0.25, -0.2) is 4.79 Å². The van der Waals surface area contributed by atoms with E-state index in [1.807, 2.05) is 0 Å². The van der Waals surface area contributed by atoms with E-state index in [9.17, 15) is 4.79 Å². The minimum Gasteiger partial charge on any atom is -0.341 e. The van der Waals surface area contributed by atoms with Gasteiger partial charge in [-0.05, 0) is 12.3 Å². The van der Waals surface area contributed by atoms with Crippen molar-refractivity contribution in [3.8, 4) is 0 Å². The van der Waals surface area contributed by atoms with E-state index in [0.717, 1.165) is 18.9 Å². The Kier molecular flexibility index (Phi) is 3.20. The highest BCUT2D eigenvalue weighted by Gasteiger charge is 2.16. The first-order chi connectivity index (χ1) is 5.33. The van der Waals surface area contributed by atoms with Gasteiger partial charge in [-0.15, -0.1) is 0 Å². The van der Waals surface area contributed by atoms with Gasteiger partial charge in [-0.3, -0.25) is 0 Å². The number of amides is 2. The molecule has 64 valence electrons. The Hall–Kier alpha value is -0.730. The molecule has 1 saturated carbocycles. The third kappa shape index (κ3) is 2.78. The van der Waals surface area contributed by atoms with E-state index in [2.05, 4.69) is 10.6 Å². The molecule has 3 nitrogen and oxygen atoms in total. The maximum Gasteiger partial charge on any atom is 0.314 e. The number of nitrogens with one attached hydrogen (secondary N) is 2. The fraction of sp³-hybridized carbons (Fsp3) is 0.875. The van der Waals surface area contributed by atoms with Gasteiger partial charge in [0.25, 0.3) is 0 Å². The molecule has 0 saturated heterocycles. The van der Waals surface area contributed by atoms with Crippen LogP contribution in [0.4, 0.5) is 4.79 Å². The van der Waals surface area contributed by atoms with Gasteiger partial charge < -0.3 is 10.6 Å². The number of rotatable bonds is 3. The summed E-state index contributed by atoms with van der Waals surface area (Å²) in [6.45, 7) is 0.824. The van der Waals surface area contributed by atoms with Gasteiger partial charge in [0, 0.05) is 13.6 Å². The summed E-state index contributed by atoms with van der Waals surface area (Å²) in [4.78, 5) is 10.7. The lowest BCUT2D eigenvalue weighted by molar-refractivity contribution is 0.239. The van der Waals surface area contributed by atoms with Crippen molar-refractivity contribution in [2.45, 2.75) is 25.7 Å². The fourth-order valence-electron chi connectivity index (χ4n) is 1.26. The second kappa shape index (κ2) is 4.21. The van der Waals surface area contributed by atoms with E-state index in [4.69, 9.17) is 0 Å². The van der Waals surface area contributed by atoms with E-state index in [1.54, 1.807) is 7.05 Å². The smallest absolute Gasteiger partial charge is 0.314 e.